The normalized spacial score (nSPS) is 50.6. The molecule has 10 aliphatic rings. The number of hydrogen-bond donors (Lipinski definition) is 0. The van der Waals surface area contributed by atoms with Gasteiger partial charge >= 0.3 is 0 Å². The maximum atomic E-state index is 6.74. The highest BCUT2D eigenvalue weighted by atomic mass is 17.3. The summed E-state index contributed by atoms with van der Waals surface area (Å²) in [6.45, 7) is 15.7. The van der Waals surface area contributed by atoms with Gasteiger partial charge < -0.3 is 28.4 Å². The Kier molecular flexibility index (Phi) is 9.66. The molecule has 0 radical (unpaired) electrons. The van der Waals surface area contributed by atoms with E-state index in [2.05, 4.69) is 52.0 Å². The number of rotatable bonds is 10. The van der Waals surface area contributed by atoms with Crippen LogP contribution in [0.1, 0.15) is 117 Å². The highest BCUT2D eigenvalue weighted by Gasteiger charge is 2.70. The van der Waals surface area contributed by atoms with E-state index in [0.717, 1.165) is 62.5 Å². The van der Waals surface area contributed by atoms with Gasteiger partial charge in [-0.25, -0.2) is 19.6 Å². The Morgan fingerprint density at radius 2 is 0.981 bits per heavy atom. The summed E-state index contributed by atoms with van der Waals surface area (Å²) in [5.74, 6) is 1.81. The van der Waals surface area contributed by atoms with Gasteiger partial charge in [-0.15, -0.1) is 0 Å². The molecule has 0 amide bonds. The fraction of sp³-hybridized carbons (Fsp3) is 0.857. The van der Waals surface area contributed by atoms with Crippen LogP contribution in [-0.4, -0.2) is 60.8 Å². The van der Waals surface area contributed by atoms with Crippen LogP contribution in [0.4, 0.5) is 0 Å². The van der Waals surface area contributed by atoms with E-state index in [0.29, 0.717) is 73.8 Å². The second-order valence-electron chi connectivity index (χ2n) is 18.4. The third kappa shape index (κ3) is 5.96. The van der Waals surface area contributed by atoms with Gasteiger partial charge in [-0.05, 0) is 112 Å². The Morgan fingerprint density at radius 3 is 1.40 bits per heavy atom. The largest absolute Gasteiger partial charge is 0.377 e. The van der Waals surface area contributed by atoms with Crippen molar-refractivity contribution < 1.29 is 48.0 Å². The predicted molar refractivity (Wildman–Crippen MR) is 189 cm³/mol. The van der Waals surface area contributed by atoms with E-state index in [-0.39, 0.29) is 12.2 Å². The van der Waals surface area contributed by atoms with Gasteiger partial charge in [0, 0.05) is 37.9 Å². The predicted octanol–water partition coefficient (Wildman–Crippen LogP) is 8.00. The number of fused-ring (bicyclic) bond motifs is 4. The summed E-state index contributed by atoms with van der Waals surface area (Å²) in [5, 5.41) is 0. The zero-order valence-corrected chi connectivity index (χ0v) is 32.2. The van der Waals surface area contributed by atoms with Gasteiger partial charge in [-0.1, -0.05) is 52.0 Å². The van der Waals surface area contributed by atoms with E-state index in [4.69, 9.17) is 48.0 Å². The monoisotopic (exact) mass is 726 g/mol. The van der Waals surface area contributed by atoms with E-state index >= 15 is 0 Å². The molecule has 2 aliphatic carbocycles. The van der Waals surface area contributed by atoms with E-state index in [1.165, 1.54) is 12.8 Å². The van der Waals surface area contributed by atoms with Gasteiger partial charge in [0.05, 0.1) is 25.4 Å². The zero-order valence-electron chi connectivity index (χ0n) is 32.2. The molecular weight excluding hydrogens is 664 g/mol. The molecule has 8 heterocycles. The lowest BCUT2D eigenvalue weighted by atomic mass is 9.57. The Balaban J connectivity index is 0.734. The molecule has 8 aliphatic heterocycles. The number of ether oxygens (including phenoxy) is 6. The lowest BCUT2D eigenvalue weighted by Crippen LogP contribution is -2.70. The van der Waals surface area contributed by atoms with Crippen molar-refractivity contribution in [2.75, 3.05) is 13.2 Å². The second-order valence-corrected chi connectivity index (χ2v) is 18.4. The Labute approximate surface area is 310 Å². The third-order valence-electron chi connectivity index (χ3n) is 15.2. The summed E-state index contributed by atoms with van der Waals surface area (Å²) in [4.78, 5) is 24.5. The molecule has 2 spiro atoms. The van der Waals surface area contributed by atoms with Crippen molar-refractivity contribution in [3.8, 4) is 0 Å². The topological polar surface area (TPSA) is 92.3 Å². The van der Waals surface area contributed by atoms with Crippen molar-refractivity contribution in [2.45, 2.75) is 167 Å². The number of benzene rings is 1. The highest BCUT2D eigenvalue weighted by molar-refractivity contribution is 5.21. The van der Waals surface area contributed by atoms with Crippen molar-refractivity contribution in [1.29, 1.82) is 0 Å². The van der Waals surface area contributed by atoms with Crippen LogP contribution >= 0.6 is 0 Å². The summed E-state index contributed by atoms with van der Waals surface area (Å²) < 4.78 is 38.9. The van der Waals surface area contributed by atoms with Crippen LogP contribution in [-0.2, 0) is 61.2 Å². The van der Waals surface area contributed by atoms with Gasteiger partial charge in [0.15, 0.2) is 23.8 Å². The standard InChI is InChI=1S/C42H62O10/c1-25-7-13-33-27(3)35(45-37-41(33)31(25)15-19-39(5,47-37)49-51-41)17-21-43-23-29-9-11-30(12-10-29)24-44-22-18-36-28(4)34-14-8-26(2)32-16-20-40(6)48-38(46-36)42(32,34)52-50-40/h9-12,25-28,31-38H,7-8,13-24H2,1-6H3/t25-,26-,27-,28-,31?,32?,33?,34?,35-,36-,37-,38-,39+,40+,41-,42-/m1/s1. The molecule has 52 heavy (non-hydrogen) atoms. The van der Waals surface area contributed by atoms with Crippen LogP contribution in [0.15, 0.2) is 24.3 Å². The highest BCUT2D eigenvalue weighted by Crippen LogP contribution is 2.62. The lowest BCUT2D eigenvalue weighted by molar-refractivity contribution is -0.571. The van der Waals surface area contributed by atoms with Gasteiger partial charge in [-0.3, -0.25) is 0 Å². The molecule has 1 aromatic rings. The quantitative estimate of drug-likeness (QED) is 0.175. The molecule has 10 heteroatoms. The third-order valence-corrected chi connectivity index (χ3v) is 15.2. The van der Waals surface area contributed by atoms with Crippen LogP contribution in [0, 0.1) is 47.3 Å². The minimum atomic E-state index is -0.741. The minimum Gasteiger partial charge on any atom is -0.377 e. The molecule has 4 bridgehead atoms. The van der Waals surface area contributed by atoms with Crippen molar-refractivity contribution in [3.63, 3.8) is 0 Å². The smallest absolute Gasteiger partial charge is 0.201 e. The van der Waals surface area contributed by atoms with Crippen molar-refractivity contribution in [1.82, 2.24) is 0 Å². The maximum absolute atomic E-state index is 6.74. The minimum absolute atomic E-state index is 0.0626. The van der Waals surface area contributed by atoms with Crippen LogP contribution in [0.25, 0.3) is 0 Å². The molecular formula is C42H62O10. The van der Waals surface area contributed by atoms with Crippen molar-refractivity contribution in [2.24, 2.45) is 47.3 Å². The van der Waals surface area contributed by atoms with Crippen LogP contribution in [0.2, 0.25) is 0 Å². The first kappa shape index (κ1) is 36.5. The first-order valence-electron chi connectivity index (χ1n) is 20.7. The fourth-order valence-corrected chi connectivity index (χ4v) is 12.1. The average Bonchev–Trinajstić information content (AvgIpc) is 3.51. The molecule has 290 valence electrons. The van der Waals surface area contributed by atoms with Crippen molar-refractivity contribution >= 4 is 0 Å². The van der Waals surface area contributed by atoms with Gasteiger partial charge in [0.1, 0.15) is 0 Å². The Hall–Kier alpha value is -1.18. The molecule has 10 nitrogen and oxygen atoms in total. The van der Waals surface area contributed by atoms with E-state index in [1.807, 2.05) is 13.8 Å². The molecule has 2 saturated carbocycles. The number of hydrogen-bond acceptors (Lipinski definition) is 10. The zero-order chi connectivity index (χ0) is 35.9. The van der Waals surface area contributed by atoms with Gasteiger partial charge in [-0.2, -0.15) is 0 Å². The van der Waals surface area contributed by atoms with E-state index in [9.17, 15) is 0 Å². The molecule has 10 fully saturated rings. The molecule has 0 N–H and O–H groups in total. The fourth-order valence-electron chi connectivity index (χ4n) is 12.1. The van der Waals surface area contributed by atoms with Gasteiger partial charge in [0.2, 0.25) is 11.6 Å². The Morgan fingerprint density at radius 1 is 0.558 bits per heavy atom. The summed E-state index contributed by atoms with van der Waals surface area (Å²) in [5.41, 5.74) is 1.30. The molecule has 0 aromatic heterocycles. The van der Waals surface area contributed by atoms with Crippen LogP contribution < -0.4 is 0 Å². The maximum Gasteiger partial charge on any atom is 0.201 e. The molecule has 16 atom stereocenters. The molecule has 4 unspecified atom stereocenters. The van der Waals surface area contributed by atoms with Crippen LogP contribution in [0.5, 0.6) is 0 Å². The second kappa shape index (κ2) is 13.8. The summed E-state index contributed by atoms with van der Waals surface area (Å²) in [7, 11) is 0. The van der Waals surface area contributed by atoms with E-state index in [1.54, 1.807) is 0 Å². The molecule has 8 saturated heterocycles. The first-order chi connectivity index (χ1) is 25.0. The summed E-state index contributed by atoms with van der Waals surface area (Å²) in [6.07, 6.45) is 9.44. The lowest BCUT2D eigenvalue weighted by Gasteiger charge is -2.60. The van der Waals surface area contributed by atoms with Crippen molar-refractivity contribution in [3.05, 3.63) is 35.4 Å². The van der Waals surface area contributed by atoms with Crippen LogP contribution in [0.3, 0.4) is 0 Å². The van der Waals surface area contributed by atoms with E-state index < -0.39 is 35.4 Å². The van der Waals surface area contributed by atoms with Gasteiger partial charge in [0.25, 0.3) is 0 Å². The first-order valence-corrected chi connectivity index (χ1v) is 20.7. The Bertz CT molecular complexity index is 1320. The molecule has 11 rings (SSSR count). The molecule has 1 aromatic carbocycles. The summed E-state index contributed by atoms with van der Waals surface area (Å²) >= 11 is 0. The average molecular weight is 727 g/mol. The SMILES string of the molecule is C[C@@H]1CCC2[C@@H](C)[C@@H](CCOCc3ccc(COCC[C@H]4O[C@@H]5O[C@]6(C)CCC7[C@H](C)CCC([C@H]4C)[C@]75OO6)cc3)O[C@@H]3O[C@]4(C)CCC1[C@@]23OO4. The summed E-state index contributed by atoms with van der Waals surface area (Å²) in [6, 6.07) is 8.58.